The van der Waals surface area contributed by atoms with Crippen molar-refractivity contribution >= 4 is 23.8 Å². The van der Waals surface area contributed by atoms with Gasteiger partial charge in [-0.15, -0.1) is 0 Å². The predicted octanol–water partition coefficient (Wildman–Crippen LogP) is 1.67. The lowest BCUT2D eigenvalue weighted by molar-refractivity contribution is 0.0444. The van der Waals surface area contributed by atoms with E-state index in [1.807, 2.05) is 0 Å². The Bertz CT molecular complexity index is 413. The number of hydrogen-bond acceptors (Lipinski definition) is 4. The molecule has 0 bridgehead atoms. The van der Waals surface area contributed by atoms with Crippen molar-refractivity contribution in [2.45, 2.75) is 6.61 Å². The van der Waals surface area contributed by atoms with E-state index in [2.05, 4.69) is 9.03 Å². The van der Waals surface area contributed by atoms with Crippen molar-refractivity contribution in [3.63, 3.8) is 0 Å². The zero-order valence-electron chi connectivity index (χ0n) is 6.95. The maximum Gasteiger partial charge on any atom is 0.346 e. The van der Waals surface area contributed by atoms with Gasteiger partial charge in [0.15, 0.2) is 0 Å². The van der Waals surface area contributed by atoms with E-state index >= 15 is 0 Å². The zero-order chi connectivity index (χ0) is 10.1. The van der Waals surface area contributed by atoms with Gasteiger partial charge < -0.3 is 4.74 Å². The molecule has 14 heavy (non-hydrogen) atoms. The van der Waals surface area contributed by atoms with Gasteiger partial charge in [-0.1, -0.05) is 6.07 Å². The number of esters is 2. The van der Waals surface area contributed by atoms with Crippen LogP contribution >= 0.6 is 11.9 Å². The summed E-state index contributed by atoms with van der Waals surface area (Å²) in [7, 11) is 0. The smallest absolute Gasteiger partial charge is 0.346 e. The average molecular weight is 213 g/mol. The van der Waals surface area contributed by atoms with Crippen LogP contribution in [0.1, 0.15) is 26.3 Å². The first kappa shape index (κ1) is 9.18. The molecule has 1 aromatic carbocycles. The third kappa shape index (κ3) is 1.38. The van der Waals surface area contributed by atoms with Gasteiger partial charge in [-0.05, 0) is 17.7 Å². The molecule has 0 atom stereocenters. The molecule has 0 unspecified atom stereocenters. The highest BCUT2D eigenvalue weighted by atomic mass is 35.5. The molecular formula is C9H5ClO4. The maximum atomic E-state index is 11.1. The SMILES string of the molecule is O=C1OC(=O)c2cc(COCl)ccc21. The van der Waals surface area contributed by atoms with Crippen LogP contribution in [0.2, 0.25) is 0 Å². The number of hydrogen-bond donors (Lipinski definition) is 0. The minimum Gasteiger partial charge on any atom is -0.386 e. The Labute approximate surface area is 84.5 Å². The van der Waals surface area contributed by atoms with E-state index in [4.69, 9.17) is 11.9 Å². The molecule has 0 aromatic heterocycles. The highest BCUT2D eigenvalue weighted by Gasteiger charge is 2.29. The van der Waals surface area contributed by atoms with E-state index in [9.17, 15) is 9.59 Å². The Balaban J connectivity index is 2.44. The number of ether oxygens (including phenoxy) is 1. The Kier molecular flexibility index (Phi) is 2.23. The minimum absolute atomic E-state index is 0.177. The monoisotopic (exact) mass is 212 g/mol. The third-order valence-corrected chi connectivity index (χ3v) is 2.04. The van der Waals surface area contributed by atoms with Gasteiger partial charge in [-0.25, -0.2) is 9.59 Å². The second kappa shape index (κ2) is 3.40. The zero-order valence-corrected chi connectivity index (χ0v) is 7.71. The van der Waals surface area contributed by atoms with Crippen LogP contribution in [0.3, 0.4) is 0 Å². The maximum absolute atomic E-state index is 11.1. The summed E-state index contributed by atoms with van der Waals surface area (Å²) < 4.78 is 8.80. The van der Waals surface area contributed by atoms with Crippen LogP contribution in [0.15, 0.2) is 18.2 Å². The van der Waals surface area contributed by atoms with Gasteiger partial charge in [0, 0.05) is 0 Å². The topological polar surface area (TPSA) is 52.6 Å². The third-order valence-electron chi connectivity index (χ3n) is 1.93. The molecule has 4 nitrogen and oxygen atoms in total. The van der Waals surface area contributed by atoms with E-state index < -0.39 is 11.9 Å². The summed E-state index contributed by atoms with van der Waals surface area (Å²) in [4.78, 5) is 22.2. The Morgan fingerprint density at radius 1 is 1.21 bits per heavy atom. The Morgan fingerprint density at radius 2 is 1.93 bits per heavy atom. The van der Waals surface area contributed by atoms with Crippen LogP contribution in [0.4, 0.5) is 0 Å². The lowest BCUT2D eigenvalue weighted by Gasteiger charge is -1.98. The van der Waals surface area contributed by atoms with Crippen LogP contribution < -0.4 is 0 Å². The summed E-state index contributed by atoms with van der Waals surface area (Å²) in [6.45, 7) is 0.177. The molecule has 0 saturated heterocycles. The number of fused-ring (bicyclic) bond motifs is 1. The van der Waals surface area contributed by atoms with Crippen LogP contribution in [-0.2, 0) is 15.6 Å². The number of halogens is 1. The quantitative estimate of drug-likeness (QED) is 0.553. The molecule has 1 aliphatic rings. The normalized spacial score (nSPS) is 14.1. The molecule has 0 spiro atoms. The standard InChI is InChI=1S/C9H5ClO4/c10-13-4-5-1-2-6-7(3-5)9(12)14-8(6)11/h1-3H,4H2. The van der Waals surface area contributed by atoms with Crippen LogP contribution in [0.5, 0.6) is 0 Å². The van der Waals surface area contributed by atoms with Gasteiger partial charge in [0.25, 0.3) is 0 Å². The van der Waals surface area contributed by atoms with Crippen LogP contribution in [-0.4, -0.2) is 11.9 Å². The van der Waals surface area contributed by atoms with Crippen molar-refractivity contribution in [3.8, 4) is 0 Å². The molecule has 72 valence electrons. The molecule has 0 amide bonds. The highest BCUT2D eigenvalue weighted by Crippen LogP contribution is 2.21. The first-order chi connectivity index (χ1) is 6.72. The van der Waals surface area contributed by atoms with Crippen molar-refractivity contribution in [2.75, 3.05) is 0 Å². The average Bonchev–Trinajstić information content (AvgIpc) is 2.43. The molecule has 0 saturated carbocycles. The van der Waals surface area contributed by atoms with E-state index in [-0.39, 0.29) is 17.7 Å². The second-order valence-corrected chi connectivity index (χ2v) is 3.03. The van der Waals surface area contributed by atoms with Crippen LogP contribution in [0, 0.1) is 0 Å². The highest BCUT2D eigenvalue weighted by molar-refractivity contribution is 6.14. The number of carbonyl (C=O) groups is 2. The van der Waals surface area contributed by atoms with Crippen molar-refractivity contribution < 1.29 is 18.6 Å². The van der Waals surface area contributed by atoms with Crippen molar-refractivity contribution in [3.05, 3.63) is 34.9 Å². The molecule has 2 rings (SSSR count). The lowest BCUT2D eigenvalue weighted by atomic mass is 10.1. The molecule has 1 heterocycles. The summed E-state index contributed by atoms with van der Waals surface area (Å²) in [5, 5.41) is 0. The van der Waals surface area contributed by atoms with Gasteiger partial charge in [0.2, 0.25) is 0 Å². The fraction of sp³-hybridized carbons (Fsp3) is 0.111. The Hall–Kier alpha value is -1.39. The van der Waals surface area contributed by atoms with E-state index in [1.54, 1.807) is 6.07 Å². The van der Waals surface area contributed by atoms with Gasteiger partial charge in [-0.2, -0.15) is 0 Å². The van der Waals surface area contributed by atoms with E-state index in [1.165, 1.54) is 12.1 Å². The first-order valence-electron chi connectivity index (χ1n) is 3.85. The van der Waals surface area contributed by atoms with Gasteiger partial charge in [0.1, 0.15) is 0 Å². The molecule has 0 fully saturated rings. The number of benzene rings is 1. The summed E-state index contributed by atoms with van der Waals surface area (Å²) in [5.74, 6) is -1.23. The van der Waals surface area contributed by atoms with Crippen molar-refractivity contribution in [2.24, 2.45) is 0 Å². The van der Waals surface area contributed by atoms with Gasteiger partial charge in [-0.3, -0.25) is 4.29 Å². The molecule has 1 aromatic rings. The molecule has 1 aliphatic heterocycles. The predicted molar refractivity (Wildman–Crippen MR) is 46.8 cm³/mol. The summed E-state index contributed by atoms with van der Waals surface area (Å²) >= 11 is 5.07. The van der Waals surface area contributed by atoms with E-state index in [0.717, 1.165) is 0 Å². The van der Waals surface area contributed by atoms with Gasteiger partial charge >= 0.3 is 11.9 Å². The molecule has 0 radical (unpaired) electrons. The summed E-state index contributed by atoms with van der Waals surface area (Å²) in [6, 6.07) is 4.71. The second-order valence-electron chi connectivity index (χ2n) is 2.81. The fourth-order valence-electron chi connectivity index (χ4n) is 1.29. The largest absolute Gasteiger partial charge is 0.386 e. The number of cyclic esters (lactones) is 2. The van der Waals surface area contributed by atoms with Crippen LogP contribution in [0.25, 0.3) is 0 Å². The first-order valence-corrected chi connectivity index (χ1v) is 4.16. The molecule has 0 N–H and O–H groups in total. The van der Waals surface area contributed by atoms with Crippen molar-refractivity contribution in [1.82, 2.24) is 0 Å². The lowest BCUT2D eigenvalue weighted by Crippen LogP contribution is -1.97. The minimum atomic E-state index is -0.624. The summed E-state index contributed by atoms with van der Waals surface area (Å²) in [6.07, 6.45) is 0. The fourth-order valence-corrected chi connectivity index (χ4v) is 1.41. The van der Waals surface area contributed by atoms with Crippen molar-refractivity contribution in [1.29, 1.82) is 0 Å². The van der Waals surface area contributed by atoms with Gasteiger partial charge in [0.05, 0.1) is 29.6 Å². The Morgan fingerprint density at radius 3 is 2.64 bits per heavy atom. The number of rotatable bonds is 2. The van der Waals surface area contributed by atoms with E-state index in [0.29, 0.717) is 5.56 Å². The molecular weight excluding hydrogens is 208 g/mol. The molecule has 5 heteroatoms. The number of carbonyl (C=O) groups excluding carboxylic acids is 2. The summed E-state index contributed by atoms with van der Waals surface area (Å²) in [5.41, 5.74) is 1.26. The molecule has 0 aliphatic carbocycles.